The molecule has 1 fully saturated rings. The summed E-state index contributed by atoms with van der Waals surface area (Å²) in [7, 11) is 0. The van der Waals surface area contributed by atoms with Crippen molar-refractivity contribution in [3.8, 4) is 0 Å². The Balaban J connectivity index is 0.00000243. The minimum Gasteiger partial charge on any atom is -0.405 e. The highest BCUT2D eigenvalue weighted by Gasteiger charge is 2.18. The second kappa shape index (κ2) is 8.81. The van der Waals surface area contributed by atoms with Gasteiger partial charge in [-0.05, 0) is 50.5 Å². The van der Waals surface area contributed by atoms with Crippen molar-refractivity contribution in [3.05, 3.63) is 34.7 Å². The molecule has 1 aliphatic heterocycles. The Morgan fingerprint density at radius 2 is 2.15 bits per heavy atom. The molecule has 0 amide bonds. The maximum Gasteiger partial charge on any atom is 0.320 e. The summed E-state index contributed by atoms with van der Waals surface area (Å²) in [5, 5.41) is 24.0. The maximum atomic E-state index is 9.51. The van der Waals surface area contributed by atoms with Crippen LogP contribution in [0.3, 0.4) is 0 Å². The van der Waals surface area contributed by atoms with E-state index in [2.05, 4.69) is 58.6 Å². The molecular formula is C18H28ClN5O2. The number of aromatic nitrogens is 2. The van der Waals surface area contributed by atoms with Gasteiger partial charge in [0.05, 0.1) is 0 Å². The Kier molecular flexibility index (Phi) is 7.00. The zero-order valence-corrected chi connectivity index (χ0v) is 16.6. The lowest BCUT2D eigenvalue weighted by Gasteiger charge is -2.32. The minimum absolute atomic E-state index is 0. The monoisotopic (exact) mass is 381 g/mol. The van der Waals surface area contributed by atoms with Gasteiger partial charge in [0.2, 0.25) is 5.89 Å². The number of aryl methyl sites for hydroxylation is 1. The summed E-state index contributed by atoms with van der Waals surface area (Å²) in [5.74, 6) is 0.211. The van der Waals surface area contributed by atoms with Crippen LogP contribution in [-0.4, -0.2) is 45.9 Å². The maximum absolute atomic E-state index is 9.51. The number of hydrogen-bond acceptors (Lipinski definition) is 7. The van der Waals surface area contributed by atoms with Crippen molar-refractivity contribution in [2.45, 2.75) is 46.4 Å². The second-order valence-corrected chi connectivity index (χ2v) is 6.93. The van der Waals surface area contributed by atoms with Gasteiger partial charge in [-0.1, -0.05) is 11.2 Å². The van der Waals surface area contributed by atoms with E-state index < -0.39 is 6.10 Å². The number of nitrogens with one attached hydrogen (secondary N) is 2. The predicted molar refractivity (Wildman–Crippen MR) is 104 cm³/mol. The lowest BCUT2D eigenvalue weighted by Crippen LogP contribution is -2.48. The van der Waals surface area contributed by atoms with E-state index in [0.717, 1.165) is 31.9 Å². The Morgan fingerprint density at radius 3 is 2.81 bits per heavy atom. The van der Waals surface area contributed by atoms with Gasteiger partial charge in [0.1, 0.15) is 6.10 Å². The summed E-state index contributed by atoms with van der Waals surface area (Å²) < 4.78 is 5.45. The van der Waals surface area contributed by atoms with Crippen molar-refractivity contribution < 1.29 is 9.52 Å². The molecule has 7 nitrogen and oxygen atoms in total. The molecule has 0 aliphatic carbocycles. The largest absolute Gasteiger partial charge is 0.405 e. The van der Waals surface area contributed by atoms with Gasteiger partial charge in [-0.15, -0.1) is 17.5 Å². The molecule has 2 aromatic rings. The fourth-order valence-electron chi connectivity index (χ4n) is 3.19. The molecule has 26 heavy (non-hydrogen) atoms. The molecule has 0 saturated carbocycles. The van der Waals surface area contributed by atoms with Crippen molar-refractivity contribution in [1.29, 1.82) is 0 Å². The Hall–Kier alpha value is -1.67. The van der Waals surface area contributed by atoms with Crippen LogP contribution in [0.1, 0.15) is 42.5 Å². The second-order valence-electron chi connectivity index (χ2n) is 6.93. The van der Waals surface area contributed by atoms with E-state index in [4.69, 9.17) is 4.42 Å². The summed E-state index contributed by atoms with van der Waals surface area (Å²) in [6, 6.07) is 5.13. The molecule has 1 unspecified atom stereocenters. The molecule has 0 radical (unpaired) electrons. The molecule has 1 aliphatic rings. The Bertz CT molecular complexity index is 734. The van der Waals surface area contributed by atoms with Gasteiger partial charge >= 0.3 is 6.01 Å². The van der Waals surface area contributed by atoms with Crippen LogP contribution in [0.25, 0.3) is 0 Å². The first-order valence-electron chi connectivity index (χ1n) is 8.76. The number of nitrogens with zero attached hydrogens (tertiary/aromatic N) is 3. The average molecular weight is 382 g/mol. The van der Waals surface area contributed by atoms with E-state index >= 15 is 0 Å². The lowest BCUT2D eigenvalue weighted by atomic mass is 10.0. The standard InChI is InChI=1S/C18H27N5O2.ClH/c1-11-7-15(10-23-6-5-19-12(2)9-23)13(3)16(8-11)20-18-22-21-17(25-18)14(4)24;/h7-8,12,14,19,24H,5-6,9-10H2,1-4H3,(H,20,22);1H/t12-,14?;/m0./s1. The molecule has 3 N–H and O–H groups in total. The molecule has 8 heteroatoms. The predicted octanol–water partition coefficient (Wildman–Crippen LogP) is 2.70. The van der Waals surface area contributed by atoms with Crippen LogP contribution in [0.15, 0.2) is 16.5 Å². The van der Waals surface area contributed by atoms with E-state index in [1.807, 2.05) is 0 Å². The molecule has 3 rings (SSSR count). The highest BCUT2D eigenvalue weighted by molar-refractivity contribution is 5.85. The lowest BCUT2D eigenvalue weighted by molar-refractivity contribution is 0.164. The van der Waals surface area contributed by atoms with E-state index in [0.29, 0.717) is 12.1 Å². The molecule has 0 bridgehead atoms. The molecule has 1 saturated heterocycles. The third kappa shape index (κ3) is 4.94. The molecule has 2 heterocycles. The van der Waals surface area contributed by atoms with Crippen LogP contribution in [0, 0.1) is 13.8 Å². The van der Waals surface area contributed by atoms with Crippen LogP contribution in [0.4, 0.5) is 11.7 Å². The number of aliphatic hydroxyl groups excluding tert-OH is 1. The molecule has 144 valence electrons. The average Bonchev–Trinajstić information content (AvgIpc) is 3.01. The SMILES string of the molecule is Cc1cc(CN2CCN[C@@H](C)C2)c(C)c(Nc2nnc(C(C)O)o2)c1.Cl. The van der Waals surface area contributed by atoms with Crippen LogP contribution in [0.5, 0.6) is 0 Å². The number of aliphatic hydroxyl groups is 1. The van der Waals surface area contributed by atoms with Gasteiger partial charge in [0.25, 0.3) is 0 Å². The van der Waals surface area contributed by atoms with Crippen molar-refractivity contribution in [1.82, 2.24) is 20.4 Å². The Morgan fingerprint density at radius 1 is 1.38 bits per heavy atom. The molecule has 1 aromatic heterocycles. The van der Waals surface area contributed by atoms with Crippen LogP contribution >= 0.6 is 12.4 Å². The molecule has 2 atom stereocenters. The van der Waals surface area contributed by atoms with Gasteiger partial charge in [0.15, 0.2) is 0 Å². The Labute approximate surface area is 160 Å². The minimum atomic E-state index is -0.771. The van der Waals surface area contributed by atoms with Crippen molar-refractivity contribution >= 4 is 24.1 Å². The molecule has 1 aromatic carbocycles. The fraction of sp³-hybridized carbons (Fsp3) is 0.556. The number of hydrogen-bond donors (Lipinski definition) is 3. The zero-order valence-electron chi connectivity index (χ0n) is 15.7. The number of rotatable bonds is 5. The van der Waals surface area contributed by atoms with Crippen LogP contribution < -0.4 is 10.6 Å². The number of piperazine rings is 1. The van der Waals surface area contributed by atoms with E-state index in [-0.39, 0.29) is 18.3 Å². The van der Waals surface area contributed by atoms with Gasteiger partial charge in [-0.3, -0.25) is 4.90 Å². The van der Waals surface area contributed by atoms with E-state index in [9.17, 15) is 5.11 Å². The first-order chi connectivity index (χ1) is 11.9. The number of anilines is 2. The number of halogens is 1. The van der Waals surface area contributed by atoms with Gasteiger partial charge in [-0.2, -0.15) is 0 Å². The van der Waals surface area contributed by atoms with Crippen molar-refractivity contribution in [2.75, 3.05) is 25.0 Å². The van der Waals surface area contributed by atoms with Gasteiger partial charge < -0.3 is 20.2 Å². The van der Waals surface area contributed by atoms with Gasteiger partial charge in [-0.25, -0.2) is 0 Å². The van der Waals surface area contributed by atoms with Crippen molar-refractivity contribution in [3.63, 3.8) is 0 Å². The summed E-state index contributed by atoms with van der Waals surface area (Å²) >= 11 is 0. The number of benzene rings is 1. The van der Waals surface area contributed by atoms with E-state index in [1.54, 1.807) is 6.92 Å². The topological polar surface area (TPSA) is 86.5 Å². The van der Waals surface area contributed by atoms with Gasteiger partial charge in [0, 0.05) is 37.9 Å². The third-order valence-corrected chi connectivity index (χ3v) is 4.55. The highest BCUT2D eigenvalue weighted by atomic mass is 35.5. The highest BCUT2D eigenvalue weighted by Crippen LogP contribution is 2.26. The molecular weight excluding hydrogens is 354 g/mol. The zero-order chi connectivity index (χ0) is 18.0. The molecule has 0 spiro atoms. The summed E-state index contributed by atoms with van der Waals surface area (Å²) in [5.41, 5.74) is 4.61. The first kappa shape index (κ1) is 20.6. The smallest absolute Gasteiger partial charge is 0.320 e. The normalized spacial score (nSPS) is 19.0. The van der Waals surface area contributed by atoms with Crippen LogP contribution in [-0.2, 0) is 6.54 Å². The third-order valence-electron chi connectivity index (χ3n) is 4.55. The quantitative estimate of drug-likeness (QED) is 0.734. The summed E-state index contributed by atoms with van der Waals surface area (Å²) in [6.45, 7) is 12.1. The summed E-state index contributed by atoms with van der Waals surface area (Å²) in [6.07, 6.45) is -0.771. The van der Waals surface area contributed by atoms with Crippen molar-refractivity contribution in [2.24, 2.45) is 0 Å². The first-order valence-corrected chi connectivity index (χ1v) is 8.76. The van der Waals surface area contributed by atoms with E-state index in [1.165, 1.54) is 16.7 Å². The fourth-order valence-corrected chi connectivity index (χ4v) is 3.19. The summed E-state index contributed by atoms with van der Waals surface area (Å²) in [4.78, 5) is 2.48. The van der Waals surface area contributed by atoms with Crippen LogP contribution in [0.2, 0.25) is 0 Å².